The van der Waals surface area contributed by atoms with Gasteiger partial charge in [0.15, 0.2) is 0 Å². The summed E-state index contributed by atoms with van der Waals surface area (Å²) in [5.74, 6) is -1.92. The molecule has 0 saturated carbocycles. The summed E-state index contributed by atoms with van der Waals surface area (Å²) in [6, 6.07) is 17.0. The van der Waals surface area contributed by atoms with Gasteiger partial charge in [-0.15, -0.1) is 0 Å². The fourth-order valence-electron chi connectivity index (χ4n) is 1.96. The third kappa shape index (κ3) is 5.35. The zero-order chi connectivity index (χ0) is 17.2. The third-order valence-corrected chi connectivity index (χ3v) is 3.24. The number of ether oxygens (including phenoxy) is 2. The van der Waals surface area contributed by atoms with Crippen molar-refractivity contribution in [3.63, 3.8) is 0 Å². The second-order valence-electron chi connectivity index (χ2n) is 5.04. The van der Waals surface area contributed by atoms with Crippen molar-refractivity contribution in [3.05, 3.63) is 71.8 Å². The van der Waals surface area contributed by atoms with Crippen molar-refractivity contribution in [2.24, 2.45) is 0 Å². The highest BCUT2D eigenvalue weighted by Gasteiger charge is 2.17. The Labute approximate surface area is 140 Å². The Morgan fingerprint density at radius 1 is 0.667 bits per heavy atom. The average molecular weight is 326 g/mol. The molecule has 0 aromatic heterocycles. The molecule has 0 spiro atoms. The molecule has 0 atom stereocenters. The van der Waals surface area contributed by atoms with Crippen molar-refractivity contribution in [1.82, 2.24) is 0 Å². The smallest absolute Gasteiger partial charge is 0.379 e. The lowest BCUT2D eigenvalue weighted by molar-refractivity contribution is -0.138. The first-order chi connectivity index (χ1) is 11.7. The molecule has 0 N–H and O–H groups in total. The largest absolute Gasteiger partial charge is 0.462 e. The Bertz CT molecular complexity index is 679. The Hall–Kier alpha value is -2.95. The van der Waals surface area contributed by atoms with Crippen LogP contribution in [-0.2, 0) is 14.3 Å². The summed E-state index contributed by atoms with van der Waals surface area (Å²) >= 11 is 0. The number of unbranched alkanes of at least 4 members (excludes halogenated alkanes) is 1. The van der Waals surface area contributed by atoms with Crippen LogP contribution in [0.5, 0.6) is 0 Å². The molecule has 0 aliphatic carbocycles. The monoisotopic (exact) mass is 326 g/mol. The minimum Gasteiger partial charge on any atom is -0.462 e. The highest BCUT2D eigenvalue weighted by molar-refractivity contribution is 6.40. The molecular weight excluding hydrogens is 308 g/mol. The molecule has 5 nitrogen and oxygen atoms in total. The van der Waals surface area contributed by atoms with Crippen LogP contribution in [0.2, 0.25) is 0 Å². The molecule has 0 amide bonds. The van der Waals surface area contributed by atoms with E-state index in [9.17, 15) is 14.4 Å². The van der Waals surface area contributed by atoms with E-state index in [-0.39, 0.29) is 19.2 Å². The molecule has 0 saturated heterocycles. The number of hydrogen-bond acceptors (Lipinski definition) is 5. The van der Waals surface area contributed by atoms with Gasteiger partial charge >= 0.3 is 11.9 Å². The van der Waals surface area contributed by atoms with Gasteiger partial charge in [-0.05, 0) is 25.0 Å². The van der Waals surface area contributed by atoms with Crippen LogP contribution >= 0.6 is 0 Å². The van der Waals surface area contributed by atoms with Crippen LogP contribution in [0.15, 0.2) is 60.7 Å². The number of carbonyl (C=O) groups is 3. The van der Waals surface area contributed by atoms with Crippen molar-refractivity contribution < 1.29 is 23.9 Å². The van der Waals surface area contributed by atoms with Crippen molar-refractivity contribution in [2.45, 2.75) is 12.8 Å². The fourth-order valence-corrected chi connectivity index (χ4v) is 1.96. The van der Waals surface area contributed by atoms with Crippen LogP contribution in [0.3, 0.4) is 0 Å². The molecule has 0 radical (unpaired) electrons. The van der Waals surface area contributed by atoms with Crippen LogP contribution in [0.25, 0.3) is 0 Å². The van der Waals surface area contributed by atoms with Gasteiger partial charge in [-0.2, -0.15) is 0 Å². The van der Waals surface area contributed by atoms with Crippen molar-refractivity contribution in [3.8, 4) is 0 Å². The first-order valence-electron chi connectivity index (χ1n) is 7.67. The minimum atomic E-state index is -0.873. The van der Waals surface area contributed by atoms with Crippen LogP contribution < -0.4 is 0 Å². The van der Waals surface area contributed by atoms with E-state index in [1.165, 1.54) is 0 Å². The van der Waals surface area contributed by atoms with Crippen molar-refractivity contribution in [1.29, 1.82) is 0 Å². The molecule has 0 aliphatic rings. The molecule has 2 aromatic rings. The molecular formula is C19H18O5. The maximum atomic E-state index is 11.8. The van der Waals surface area contributed by atoms with Crippen molar-refractivity contribution >= 4 is 17.7 Å². The fraction of sp³-hybridized carbons (Fsp3) is 0.211. The van der Waals surface area contributed by atoms with Gasteiger partial charge in [0, 0.05) is 5.56 Å². The Kier molecular flexibility index (Phi) is 6.71. The SMILES string of the molecule is O=C(OCCCCOC(=O)c1ccccc1)C(=O)c1ccccc1. The van der Waals surface area contributed by atoms with E-state index < -0.39 is 11.8 Å². The highest BCUT2D eigenvalue weighted by Crippen LogP contribution is 2.04. The Balaban J connectivity index is 1.60. The number of esters is 2. The number of hydrogen-bond donors (Lipinski definition) is 0. The van der Waals surface area contributed by atoms with Crippen LogP contribution in [0.4, 0.5) is 0 Å². The first-order valence-corrected chi connectivity index (χ1v) is 7.67. The van der Waals surface area contributed by atoms with E-state index in [2.05, 4.69) is 0 Å². The molecule has 0 fully saturated rings. The summed E-state index contributed by atoms with van der Waals surface area (Å²) in [4.78, 5) is 35.1. The molecule has 0 bridgehead atoms. The second kappa shape index (κ2) is 9.25. The summed E-state index contributed by atoms with van der Waals surface area (Å²) in [5.41, 5.74) is 0.802. The van der Waals surface area contributed by atoms with E-state index in [1.807, 2.05) is 6.07 Å². The van der Waals surface area contributed by atoms with Gasteiger partial charge in [-0.3, -0.25) is 4.79 Å². The second-order valence-corrected chi connectivity index (χ2v) is 5.04. The summed E-state index contributed by atoms with van der Waals surface area (Å²) in [6.45, 7) is 0.345. The molecule has 24 heavy (non-hydrogen) atoms. The Morgan fingerprint density at radius 3 is 1.75 bits per heavy atom. The number of benzene rings is 2. The van der Waals surface area contributed by atoms with E-state index in [1.54, 1.807) is 54.6 Å². The standard InChI is InChI=1S/C19H18O5/c20-17(15-9-3-1-4-10-15)19(22)24-14-8-7-13-23-18(21)16-11-5-2-6-12-16/h1-6,9-12H,7-8,13-14H2. The van der Waals surface area contributed by atoms with E-state index >= 15 is 0 Å². The molecule has 2 rings (SSSR count). The van der Waals surface area contributed by atoms with Crippen LogP contribution in [0, 0.1) is 0 Å². The maximum absolute atomic E-state index is 11.8. The normalized spacial score (nSPS) is 10.0. The number of carbonyl (C=O) groups excluding carboxylic acids is 3. The topological polar surface area (TPSA) is 69.7 Å². The van der Waals surface area contributed by atoms with Gasteiger partial charge in [0.25, 0.3) is 5.78 Å². The van der Waals surface area contributed by atoms with E-state index in [4.69, 9.17) is 9.47 Å². The predicted molar refractivity (Wildman–Crippen MR) is 87.7 cm³/mol. The predicted octanol–water partition coefficient (Wildman–Crippen LogP) is 3.05. The van der Waals surface area contributed by atoms with Gasteiger partial charge < -0.3 is 9.47 Å². The molecule has 2 aromatic carbocycles. The number of ketones is 1. The van der Waals surface area contributed by atoms with Crippen LogP contribution in [0.1, 0.15) is 33.6 Å². The van der Waals surface area contributed by atoms with Gasteiger partial charge in [0.1, 0.15) is 0 Å². The zero-order valence-corrected chi connectivity index (χ0v) is 13.1. The zero-order valence-electron chi connectivity index (χ0n) is 13.1. The summed E-state index contributed by atoms with van der Waals surface area (Å²) < 4.78 is 10.0. The minimum absolute atomic E-state index is 0.111. The highest BCUT2D eigenvalue weighted by atomic mass is 16.5. The van der Waals surface area contributed by atoms with Gasteiger partial charge in [-0.25, -0.2) is 9.59 Å². The average Bonchev–Trinajstić information content (AvgIpc) is 2.65. The lowest BCUT2D eigenvalue weighted by atomic mass is 10.1. The quantitative estimate of drug-likeness (QED) is 0.323. The first kappa shape index (κ1) is 17.4. The summed E-state index contributed by atoms with van der Waals surface area (Å²) in [6.07, 6.45) is 1.06. The molecule has 124 valence electrons. The van der Waals surface area contributed by atoms with Gasteiger partial charge in [0.05, 0.1) is 18.8 Å². The third-order valence-electron chi connectivity index (χ3n) is 3.24. The molecule has 0 aliphatic heterocycles. The van der Waals surface area contributed by atoms with Gasteiger partial charge in [0.2, 0.25) is 0 Å². The summed E-state index contributed by atoms with van der Waals surface area (Å²) in [5, 5.41) is 0. The maximum Gasteiger partial charge on any atom is 0.379 e. The Morgan fingerprint density at radius 2 is 1.17 bits per heavy atom. The lowest BCUT2D eigenvalue weighted by Crippen LogP contribution is -2.18. The van der Waals surface area contributed by atoms with Crippen LogP contribution in [-0.4, -0.2) is 30.9 Å². The summed E-state index contributed by atoms with van der Waals surface area (Å²) in [7, 11) is 0. The van der Waals surface area contributed by atoms with E-state index in [0.717, 1.165) is 0 Å². The van der Waals surface area contributed by atoms with E-state index in [0.29, 0.717) is 24.0 Å². The van der Waals surface area contributed by atoms with Crippen molar-refractivity contribution in [2.75, 3.05) is 13.2 Å². The molecule has 5 heteroatoms. The van der Waals surface area contributed by atoms with Gasteiger partial charge in [-0.1, -0.05) is 48.5 Å². The molecule has 0 unspecified atom stereocenters. The number of Topliss-reactive ketones (excluding diaryl/α,β-unsaturated/α-hetero) is 1. The number of rotatable bonds is 8. The molecule has 0 heterocycles. The lowest BCUT2D eigenvalue weighted by Gasteiger charge is -2.06.